The van der Waals surface area contributed by atoms with Crippen LogP contribution >= 0.6 is 33.0 Å². The molecule has 0 bridgehead atoms. The molecule has 2 aromatic rings. The van der Waals surface area contributed by atoms with E-state index in [1.54, 1.807) is 0 Å². The molecule has 0 saturated heterocycles. The second-order valence-electron chi connectivity index (χ2n) is 5.41. The largest absolute Gasteiger partial charge is 0.813 e. The minimum absolute atomic E-state index is 0. The molecule has 2 aliphatic carbocycles. The maximum absolute atomic E-state index is 5.57. The zero-order valence-corrected chi connectivity index (χ0v) is 20.0. The summed E-state index contributed by atoms with van der Waals surface area (Å²) in [5.41, 5.74) is 6.26. The summed E-state index contributed by atoms with van der Waals surface area (Å²) in [5.74, 6) is 0. The van der Waals surface area contributed by atoms with Gasteiger partial charge >= 0.3 is 37.9 Å². The summed E-state index contributed by atoms with van der Waals surface area (Å²) in [6.07, 6.45) is 10.7. The first kappa shape index (κ1) is 22.0. The van der Waals surface area contributed by atoms with Gasteiger partial charge < -0.3 is 18.2 Å². The van der Waals surface area contributed by atoms with Gasteiger partial charge in [-0.15, -0.1) is 47.5 Å². The van der Waals surface area contributed by atoms with Crippen LogP contribution in [0, 0.1) is 12.1 Å². The Morgan fingerprint density at radius 2 is 1.92 bits per heavy atom. The average Bonchev–Trinajstić information content (AvgIpc) is 3.29. The molecule has 1 atom stereocenters. The van der Waals surface area contributed by atoms with E-state index in [0.29, 0.717) is 4.67 Å². The Balaban J connectivity index is 0.000000165. The van der Waals surface area contributed by atoms with Gasteiger partial charge in [-0.3, -0.25) is 0 Å². The van der Waals surface area contributed by atoms with E-state index in [4.69, 9.17) is 21.8 Å². The molecular weight excluding hydrogens is 530 g/mol. The third kappa shape index (κ3) is 5.39. The van der Waals surface area contributed by atoms with Crippen molar-refractivity contribution in [2.75, 3.05) is 0 Å². The van der Waals surface area contributed by atoms with Crippen molar-refractivity contribution in [3.8, 4) is 0 Å². The molecule has 3 aliphatic rings. The molecule has 134 valence electrons. The van der Waals surface area contributed by atoms with Crippen molar-refractivity contribution < 1.29 is 25.6 Å². The number of thiol groups is 1. The SMILES string of the molecule is BrC1=[C-]C2=Cc3ccccc3C2O1.[Cl][Zr][Cl].[SH-].[c-]1cccc2c1C=CC2. The van der Waals surface area contributed by atoms with E-state index < -0.39 is 20.8 Å². The van der Waals surface area contributed by atoms with Crippen LogP contribution in [0.15, 0.2) is 58.8 Å². The monoisotopic (exact) mass is 541 g/mol. The predicted molar refractivity (Wildman–Crippen MR) is 112 cm³/mol. The summed E-state index contributed by atoms with van der Waals surface area (Å²) < 4.78 is 6.27. The molecule has 1 nitrogen and oxygen atoms in total. The van der Waals surface area contributed by atoms with Crippen molar-refractivity contribution in [3.63, 3.8) is 0 Å². The Hall–Kier alpha value is -0.247. The van der Waals surface area contributed by atoms with Crippen LogP contribution in [0.2, 0.25) is 0 Å². The number of hydrogen-bond donors (Lipinski definition) is 0. The topological polar surface area (TPSA) is 9.23 Å². The molecule has 5 rings (SSSR count). The normalized spacial score (nSPS) is 16.8. The second-order valence-corrected chi connectivity index (χ2v) is 9.86. The van der Waals surface area contributed by atoms with Gasteiger partial charge in [-0.2, -0.15) is 17.7 Å². The van der Waals surface area contributed by atoms with Crippen LogP contribution in [0.3, 0.4) is 0 Å². The molecular formula is C20H14BrCl2OSZr-3. The first-order valence-corrected chi connectivity index (χ1v) is 14.7. The number of benzene rings is 2. The minimum atomic E-state index is -0.826. The fourth-order valence-electron chi connectivity index (χ4n) is 2.89. The molecule has 0 amide bonds. The molecule has 0 saturated carbocycles. The van der Waals surface area contributed by atoms with Crippen molar-refractivity contribution in [2.45, 2.75) is 12.5 Å². The van der Waals surface area contributed by atoms with Gasteiger partial charge in [0.25, 0.3) is 0 Å². The zero-order chi connectivity index (χ0) is 17.6. The van der Waals surface area contributed by atoms with Crippen LogP contribution in [0.4, 0.5) is 0 Å². The summed E-state index contributed by atoms with van der Waals surface area (Å²) in [6.45, 7) is 0. The van der Waals surface area contributed by atoms with Gasteiger partial charge in [-0.25, -0.2) is 0 Å². The molecule has 0 radical (unpaired) electrons. The Morgan fingerprint density at radius 3 is 2.69 bits per heavy atom. The van der Waals surface area contributed by atoms with E-state index >= 15 is 0 Å². The third-order valence-electron chi connectivity index (χ3n) is 3.94. The average molecular weight is 544 g/mol. The number of halogens is 3. The molecule has 0 spiro atoms. The van der Waals surface area contributed by atoms with Crippen LogP contribution in [0.5, 0.6) is 0 Å². The Morgan fingerprint density at radius 1 is 1.15 bits per heavy atom. The summed E-state index contributed by atoms with van der Waals surface area (Å²) in [6, 6.07) is 17.6. The van der Waals surface area contributed by atoms with Gasteiger partial charge in [-0.1, -0.05) is 36.2 Å². The fourth-order valence-corrected chi connectivity index (χ4v) is 3.30. The molecule has 0 aromatic heterocycles. The maximum atomic E-state index is 5.57. The van der Waals surface area contributed by atoms with Crippen LogP contribution in [0.25, 0.3) is 12.2 Å². The number of rotatable bonds is 0. The maximum Gasteiger partial charge on any atom is -0.0528 e. The summed E-state index contributed by atoms with van der Waals surface area (Å²) in [4.78, 5) is 0. The van der Waals surface area contributed by atoms with Gasteiger partial charge in [0.15, 0.2) is 0 Å². The smallest absolute Gasteiger partial charge is 0.0528 e. The van der Waals surface area contributed by atoms with Gasteiger partial charge in [0.1, 0.15) is 6.10 Å². The predicted octanol–water partition coefficient (Wildman–Crippen LogP) is 6.36. The Labute approximate surface area is 188 Å². The second kappa shape index (κ2) is 10.9. The van der Waals surface area contributed by atoms with E-state index in [9.17, 15) is 0 Å². The molecule has 0 N–H and O–H groups in total. The standard InChI is InChI=1S/C11H6BrO.C9H7.2ClH.H2S.Zr/c12-10-6-8-5-7-3-1-2-4-9(7)11(8)13-10;1-2-5-9-7-3-6-8(9)4-1;;;;/h1-5,11H;1-4,7H,6H2;2*1H;1H2;/q2*-1;;;;+2/p-3. The van der Waals surface area contributed by atoms with Crippen LogP contribution in [-0.2, 0) is 45.5 Å². The van der Waals surface area contributed by atoms with Crippen molar-refractivity contribution in [1.29, 1.82) is 0 Å². The van der Waals surface area contributed by atoms with E-state index in [-0.39, 0.29) is 19.6 Å². The molecule has 1 unspecified atom stereocenters. The summed E-state index contributed by atoms with van der Waals surface area (Å²) in [5, 5.41) is 0. The van der Waals surface area contributed by atoms with Crippen molar-refractivity contribution in [2.24, 2.45) is 0 Å². The molecule has 0 fully saturated rings. The van der Waals surface area contributed by atoms with E-state index in [2.05, 4.69) is 64.5 Å². The summed E-state index contributed by atoms with van der Waals surface area (Å²) >= 11 is 2.46. The van der Waals surface area contributed by atoms with E-state index in [1.165, 1.54) is 22.3 Å². The van der Waals surface area contributed by atoms with Gasteiger partial charge in [0.2, 0.25) is 0 Å². The molecule has 1 aliphatic heterocycles. The quantitative estimate of drug-likeness (QED) is 0.217. The van der Waals surface area contributed by atoms with Crippen LogP contribution < -0.4 is 0 Å². The van der Waals surface area contributed by atoms with Crippen molar-refractivity contribution in [3.05, 3.63) is 93.2 Å². The van der Waals surface area contributed by atoms with Crippen molar-refractivity contribution in [1.82, 2.24) is 0 Å². The Bertz CT molecular complexity index is 851. The minimum Gasteiger partial charge on any atom is -0.813 e. The molecule has 6 heteroatoms. The number of hydrogen-bond acceptors (Lipinski definition) is 2. The van der Waals surface area contributed by atoms with E-state index in [0.717, 1.165) is 12.0 Å². The fraction of sp³-hybridized carbons (Fsp3) is 0.100. The first-order valence-electron chi connectivity index (χ1n) is 7.62. The van der Waals surface area contributed by atoms with E-state index in [1.807, 2.05) is 24.3 Å². The first-order chi connectivity index (χ1) is 12.2. The van der Waals surface area contributed by atoms with Crippen LogP contribution in [-0.4, -0.2) is 0 Å². The molecule has 2 aromatic carbocycles. The van der Waals surface area contributed by atoms with Gasteiger partial charge in [-0.05, 0) is 21.5 Å². The van der Waals surface area contributed by atoms with Gasteiger partial charge in [0.05, 0.1) is 4.67 Å². The number of allylic oxidation sites excluding steroid dienone is 1. The zero-order valence-electron chi connectivity index (χ0n) is 13.5. The van der Waals surface area contributed by atoms with Crippen LogP contribution in [0.1, 0.15) is 28.4 Å². The molecule has 26 heavy (non-hydrogen) atoms. The van der Waals surface area contributed by atoms with Gasteiger partial charge in [0, 0.05) is 0 Å². The molecule has 1 heterocycles. The summed E-state index contributed by atoms with van der Waals surface area (Å²) in [7, 11) is 9.87. The third-order valence-corrected chi connectivity index (χ3v) is 4.32. The van der Waals surface area contributed by atoms with Crippen molar-refractivity contribution >= 4 is 58.6 Å². The Kier molecular flexibility index (Phi) is 9.26. The number of ether oxygens (including phenoxy) is 1. The number of fused-ring (bicyclic) bond motifs is 4.